The number of ether oxygens (including phenoxy) is 1. The van der Waals surface area contributed by atoms with Crippen LogP contribution in [0.15, 0.2) is 42.5 Å². The Morgan fingerprint density at radius 1 is 1.00 bits per heavy atom. The number of anilines is 2. The molecule has 5 heteroatoms. The molecule has 0 aromatic heterocycles. The number of benzene rings is 2. The molecule has 1 fully saturated rings. The zero-order valence-corrected chi connectivity index (χ0v) is 16.0. The van der Waals surface area contributed by atoms with E-state index in [1.165, 1.54) is 0 Å². The minimum Gasteiger partial charge on any atom is -0.378 e. The summed E-state index contributed by atoms with van der Waals surface area (Å²) >= 11 is 0. The molecule has 0 aliphatic carbocycles. The number of hydrogen-bond acceptors (Lipinski definition) is 4. The lowest BCUT2D eigenvalue weighted by Crippen LogP contribution is -2.36. The summed E-state index contributed by atoms with van der Waals surface area (Å²) in [4.78, 5) is 26.8. The lowest BCUT2D eigenvalue weighted by molar-refractivity contribution is -0.116. The molecule has 1 saturated heterocycles. The molecule has 0 unspecified atom stereocenters. The Labute approximate surface area is 160 Å². The number of hydrogen-bond donors (Lipinski definition) is 1. The summed E-state index contributed by atoms with van der Waals surface area (Å²) in [6.07, 6.45) is 0.380. The van der Waals surface area contributed by atoms with Gasteiger partial charge in [-0.2, -0.15) is 0 Å². The number of carbonyl (C=O) groups is 2. The molecule has 5 nitrogen and oxygen atoms in total. The zero-order chi connectivity index (χ0) is 19.2. The maximum absolute atomic E-state index is 12.3. The van der Waals surface area contributed by atoms with Crippen LogP contribution < -0.4 is 10.2 Å². The normalized spacial score (nSPS) is 14.1. The van der Waals surface area contributed by atoms with E-state index in [-0.39, 0.29) is 24.5 Å². The Kier molecular flexibility index (Phi) is 6.24. The summed E-state index contributed by atoms with van der Waals surface area (Å²) in [5, 5.41) is 2.90. The molecule has 1 heterocycles. The second-order valence-corrected chi connectivity index (χ2v) is 6.92. The Morgan fingerprint density at radius 3 is 2.52 bits per heavy atom. The molecule has 27 heavy (non-hydrogen) atoms. The average Bonchev–Trinajstić information content (AvgIpc) is 2.69. The number of aryl methyl sites for hydroxylation is 2. The van der Waals surface area contributed by atoms with Crippen molar-refractivity contribution in [3.63, 3.8) is 0 Å². The largest absolute Gasteiger partial charge is 0.378 e. The maximum atomic E-state index is 12.3. The van der Waals surface area contributed by atoms with Gasteiger partial charge in [0.2, 0.25) is 5.91 Å². The van der Waals surface area contributed by atoms with E-state index in [1.807, 2.05) is 56.3 Å². The van der Waals surface area contributed by atoms with Gasteiger partial charge < -0.3 is 15.0 Å². The summed E-state index contributed by atoms with van der Waals surface area (Å²) in [7, 11) is 0. The van der Waals surface area contributed by atoms with Crippen LogP contribution in [0.4, 0.5) is 11.4 Å². The molecule has 1 aliphatic heterocycles. The van der Waals surface area contributed by atoms with Crippen molar-refractivity contribution in [2.24, 2.45) is 0 Å². The van der Waals surface area contributed by atoms with Gasteiger partial charge in [-0.15, -0.1) is 0 Å². The first-order valence-electron chi connectivity index (χ1n) is 9.36. The molecule has 0 spiro atoms. The molecule has 0 radical (unpaired) electrons. The van der Waals surface area contributed by atoms with Gasteiger partial charge in [-0.25, -0.2) is 0 Å². The van der Waals surface area contributed by atoms with Gasteiger partial charge in [0, 0.05) is 42.9 Å². The third-order valence-electron chi connectivity index (χ3n) is 4.91. The van der Waals surface area contributed by atoms with E-state index in [0.717, 1.165) is 48.8 Å². The zero-order valence-electron chi connectivity index (χ0n) is 16.0. The van der Waals surface area contributed by atoms with Crippen LogP contribution in [0.25, 0.3) is 0 Å². The summed E-state index contributed by atoms with van der Waals surface area (Å²) in [5.41, 5.74) is 4.74. The molecule has 1 aliphatic rings. The third-order valence-corrected chi connectivity index (χ3v) is 4.91. The van der Waals surface area contributed by atoms with Crippen molar-refractivity contribution in [1.82, 2.24) is 0 Å². The Morgan fingerprint density at radius 2 is 1.78 bits per heavy atom. The van der Waals surface area contributed by atoms with Gasteiger partial charge in [-0.1, -0.05) is 18.2 Å². The molecule has 2 aromatic rings. The number of morpholine rings is 1. The van der Waals surface area contributed by atoms with E-state index in [0.29, 0.717) is 5.56 Å². The first-order valence-corrected chi connectivity index (χ1v) is 9.36. The van der Waals surface area contributed by atoms with Crippen LogP contribution in [0.2, 0.25) is 0 Å². The maximum Gasteiger partial charge on any atom is 0.224 e. The van der Waals surface area contributed by atoms with E-state index >= 15 is 0 Å². The number of carbonyl (C=O) groups excluding carboxylic acids is 2. The van der Waals surface area contributed by atoms with Crippen molar-refractivity contribution >= 4 is 23.1 Å². The van der Waals surface area contributed by atoms with Crippen LogP contribution in [0.3, 0.4) is 0 Å². The van der Waals surface area contributed by atoms with Gasteiger partial charge in [-0.3, -0.25) is 9.59 Å². The van der Waals surface area contributed by atoms with Gasteiger partial charge in [0.15, 0.2) is 5.78 Å². The van der Waals surface area contributed by atoms with Crippen LogP contribution in [-0.4, -0.2) is 38.0 Å². The molecule has 0 atom stereocenters. The lowest BCUT2D eigenvalue weighted by atomic mass is 10.0. The summed E-state index contributed by atoms with van der Waals surface area (Å²) in [6.45, 7) is 7.14. The second kappa shape index (κ2) is 8.82. The fourth-order valence-corrected chi connectivity index (χ4v) is 3.11. The SMILES string of the molecule is Cc1ccc(C(=O)CCC(=O)Nc2cccc(N3CCOCC3)c2)cc1C. The fraction of sp³-hybridized carbons (Fsp3) is 0.364. The van der Waals surface area contributed by atoms with Gasteiger partial charge in [0.25, 0.3) is 0 Å². The van der Waals surface area contributed by atoms with Gasteiger partial charge in [0.1, 0.15) is 0 Å². The minimum absolute atomic E-state index is 0.00434. The average molecular weight is 366 g/mol. The number of amides is 1. The Hall–Kier alpha value is -2.66. The molecule has 142 valence electrons. The molecule has 1 N–H and O–H groups in total. The van der Waals surface area contributed by atoms with Gasteiger partial charge in [0.05, 0.1) is 13.2 Å². The monoisotopic (exact) mass is 366 g/mol. The molecular weight excluding hydrogens is 340 g/mol. The summed E-state index contributed by atoms with van der Waals surface area (Å²) < 4.78 is 5.38. The van der Waals surface area contributed by atoms with Crippen LogP contribution >= 0.6 is 0 Å². The van der Waals surface area contributed by atoms with E-state index in [1.54, 1.807) is 0 Å². The fourth-order valence-electron chi connectivity index (χ4n) is 3.11. The Bertz CT molecular complexity index is 826. The second-order valence-electron chi connectivity index (χ2n) is 6.92. The molecule has 2 aromatic carbocycles. The van der Waals surface area contributed by atoms with Crippen molar-refractivity contribution in [1.29, 1.82) is 0 Å². The number of rotatable bonds is 6. The summed E-state index contributed by atoms with van der Waals surface area (Å²) in [5.74, 6) is -0.151. The van der Waals surface area contributed by atoms with Crippen LogP contribution in [0, 0.1) is 13.8 Å². The van der Waals surface area contributed by atoms with E-state index < -0.39 is 0 Å². The third kappa shape index (κ3) is 5.17. The van der Waals surface area contributed by atoms with Crippen molar-refractivity contribution in [2.75, 3.05) is 36.5 Å². The number of Topliss-reactive ketones (excluding diaryl/α,β-unsaturated/α-hetero) is 1. The quantitative estimate of drug-likeness (QED) is 0.791. The standard InChI is InChI=1S/C22H26N2O3/c1-16-6-7-18(14-17(16)2)21(25)8-9-22(26)23-19-4-3-5-20(15-19)24-10-12-27-13-11-24/h3-7,14-15H,8-13H2,1-2H3,(H,23,26). The molecular formula is C22H26N2O3. The van der Waals surface area contributed by atoms with Gasteiger partial charge >= 0.3 is 0 Å². The minimum atomic E-state index is -0.147. The van der Waals surface area contributed by atoms with E-state index in [9.17, 15) is 9.59 Å². The molecule has 0 saturated carbocycles. The first-order chi connectivity index (χ1) is 13.0. The smallest absolute Gasteiger partial charge is 0.224 e. The highest BCUT2D eigenvalue weighted by molar-refractivity contribution is 6.00. The van der Waals surface area contributed by atoms with Crippen molar-refractivity contribution < 1.29 is 14.3 Å². The van der Waals surface area contributed by atoms with Crippen molar-refractivity contribution in [3.05, 3.63) is 59.2 Å². The first kappa shape index (κ1) is 19.1. The molecule has 3 rings (SSSR count). The van der Waals surface area contributed by atoms with Crippen LogP contribution in [0.5, 0.6) is 0 Å². The predicted octanol–water partition coefficient (Wildman–Crippen LogP) is 3.74. The lowest BCUT2D eigenvalue weighted by Gasteiger charge is -2.29. The van der Waals surface area contributed by atoms with Crippen LogP contribution in [0.1, 0.15) is 34.3 Å². The van der Waals surface area contributed by atoms with E-state index in [4.69, 9.17) is 4.74 Å². The van der Waals surface area contributed by atoms with Gasteiger partial charge in [-0.05, 0) is 49.2 Å². The predicted molar refractivity (Wildman–Crippen MR) is 108 cm³/mol. The van der Waals surface area contributed by atoms with Crippen molar-refractivity contribution in [2.45, 2.75) is 26.7 Å². The highest BCUT2D eigenvalue weighted by Gasteiger charge is 2.13. The number of nitrogens with one attached hydrogen (secondary N) is 1. The van der Waals surface area contributed by atoms with E-state index in [2.05, 4.69) is 10.2 Å². The topological polar surface area (TPSA) is 58.6 Å². The number of ketones is 1. The van der Waals surface area contributed by atoms with Crippen LogP contribution in [-0.2, 0) is 9.53 Å². The number of nitrogens with zero attached hydrogens (tertiary/aromatic N) is 1. The molecule has 0 bridgehead atoms. The summed E-state index contributed by atoms with van der Waals surface area (Å²) in [6, 6.07) is 13.5. The highest BCUT2D eigenvalue weighted by Crippen LogP contribution is 2.21. The Balaban J connectivity index is 1.54. The molecule has 1 amide bonds. The highest BCUT2D eigenvalue weighted by atomic mass is 16.5. The van der Waals surface area contributed by atoms with Crippen molar-refractivity contribution in [3.8, 4) is 0 Å².